The Morgan fingerprint density at radius 3 is 2.44 bits per heavy atom. The average Bonchev–Trinajstić information content (AvgIpc) is 2.27. The van der Waals surface area contributed by atoms with Crippen LogP contribution in [0, 0.1) is 5.82 Å². The summed E-state index contributed by atoms with van der Waals surface area (Å²) in [5.41, 5.74) is 6.95. The molecule has 1 saturated heterocycles. The first-order valence-corrected chi connectivity index (χ1v) is 5.99. The lowest BCUT2D eigenvalue weighted by Crippen LogP contribution is -2.45. The zero-order chi connectivity index (χ0) is 12.4. The van der Waals surface area contributed by atoms with Crippen LogP contribution in [0.15, 0.2) is 18.2 Å². The molecule has 3 nitrogen and oxygen atoms in total. The molecule has 1 heterocycles. The Hall–Kier alpha value is -0.840. The molecule has 2 unspecified atom stereocenters. The highest BCUT2D eigenvalue weighted by Gasteiger charge is 2.24. The van der Waals surface area contributed by atoms with E-state index in [1.54, 1.807) is 0 Å². The Kier molecular flexibility index (Phi) is 5.38. The number of hydrogen-bond donors (Lipinski definition) is 1. The third-order valence-corrected chi connectivity index (χ3v) is 3.01. The number of nitrogens with two attached hydrogens (primary N) is 1. The molecule has 0 radical (unpaired) electrons. The Morgan fingerprint density at radius 1 is 1.33 bits per heavy atom. The smallest absolute Gasteiger partial charge is 0.146 e. The highest BCUT2D eigenvalue weighted by atomic mass is 35.5. The highest BCUT2D eigenvalue weighted by Crippen LogP contribution is 2.24. The van der Waals surface area contributed by atoms with Crippen molar-refractivity contribution >= 4 is 18.1 Å². The molecule has 0 amide bonds. The summed E-state index contributed by atoms with van der Waals surface area (Å²) in [5, 5.41) is 0. The topological polar surface area (TPSA) is 38.5 Å². The van der Waals surface area contributed by atoms with Crippen LogP contribution in [-0.4, -0.2) is 25.3 Å². The predicted molar refractivity (Wildman–Crippen MR) is 73.8 cm³/mol. The van der Waals surface area contributed by atoms with Crippen molar-refractivity contribution in [2.45, 2.75) is 32.6 Å². The zero-order valence-corrected chi connectivity index (χ0v) is 11.5. The van der Waals surface area contributed by atoms with Crippen molar-refractivity contribution in [3.8, 4) is 0 Å². The third-order valence-electron chi connectivity index (χ3n) is 3.01. The van der Waals surface area contributed by atoms with E-state index in [0.29, 0.717) is 12.2 Å². The minimum Gasteiger partial charge on any atom is -0.372 e. The maximum absolute atomic E-state index is 13.9. The van der Waals surface area contributed by atoms with Crippen molar-refractivity contribution in [1.29, 1.82) is 0 Å². The molecule has 2 rings (SSSR count). The van der Waals surface area contributed by atoms with E-state index in [-0.39, 0.29) is 30.4 Å². The van der Waals surface area contributed by atoms with Gasteiger partial charge in [0.25, 0.3) is 0 Å². The number of anilines is 1. The average molecular weight is 275 g/mol. The largest absolute Gasteiger partial charge is 0.372 e. The van der Waals surface area contributed by atoms with Gasteiger partial charge in [0, 0.05) is 19.6 Å². The molecule has 5 heteroatoms. The van der Waals surface area contributed by atoms with Gasteiger partial charge in [-0.3, -0.25) is 0 Å². The van der Waals surface area contributed by atoms with Gasteiger partial charge in [0.2, 0.25) is 0 Å². The summed E-state index contributed by atoms with van der Waals surface area (Å²) in [5.74, 6) is -0.200. The van der Waals surface area contributed by atoms with Gasteiger partial charge in [-0.25, -0.2) is 4.39 Å². The Morgan fingerprint density at radius 2 is 1.94 bits per heavy atom. The van der Waals surface area contributed by atoms with Crippen LogP contribution in [0.5, 0.6) is 0 Å². The number of halogens is 2. The molecular formula is C13H20ClFN2O. The van der Waals surface area contributed by atoms with Crippen LogP contribution < -0.4 is 10.6 Å². The summed E-state index contributed by atoms with van der Waals surface area (Å²) in [7, 11) is 0. The summed E-state index contributed by atoms with van der Waals surface area (Å²) >= 11 is 0. The minimum absolute atomic E-state index is 0. The SMILES string of the molecule is CC1CN(c2ccc(CN)cc2F)CC(C)O1.Cl. The molecule has 1 aliphatic rings. The van der Waals surface area contributed by atoms with Crippen LogP contribution in [-0.2, 0) is 11.3 Å². The van der Waals surface area contributed by atoms with E-state index in [4.69, 9.17) is 10.5 Å². The second kappa shape index (κ2) is 6.36. The van der Waals surface area contributed by atoms with E-state index < -0.39 is 0 Å². The number of benzene rings is 1. The van der Waals surface area contributed by atoms with Gasteiger partial charge in [0.15, 0.2) is 0 Å². The second-order valence-corrected chi connectivity index (χ2v) is 4.65. The van der Waals surface area contributed by atoms with Crippen LogP contribution in [0.4, 0.5) is 10.1 Å². The quantitative estimate of drug-likeness (QED) is 0.900. The molecule has 1 aromatic carbocycles. The van der Waals surface area contributed by atoms with Gasteiger partial charge in [0.05, 0.1) is 17.9 Å². The maximum Gasteiger partial charge on any atom is 0.146 e. The van der Waals surface area contributed by atoms with Gasteiger partial charge >= 0.3 is 0 Å². The molecule has 0 spiro atoms. The maximum atomic E-state index is 13.9. The van der Waals surface area contributed by atoms with Crippen LogP contribution >= 0.6 is 12.4 Å². The Bertz CT molecular complexity index is 393. The van der Waals surface area contributed by atoms with Gasteiger partial charge < -0.3 is 15.4 Å². The standard InChI is InChI=1S/C13H19FN2O.ClH/c1-9-7-16(8-10(2)17-9)13-4-3-11(6-15)5-12(13)14;/h3-5,9-10H,6-8,15H2,1-2H3;1H. The highest BCUT2D eigenvalue weighted by molar-refractivity contribution is 5.85. The molecule has 1 aromatic rings. The number of hydrogen-bond acceptors (Lipinski definition) is 3. The van der Waals surface area contributed by atoms with E-state index in [1.165, 1.54) is 6.07 Å². The van der Waals surface area contributed by atoms with Gasteiger partial charge in [-0.15, -0.1) is 12.4 Å². The summed E-state index contributed by atoms with van der Waals surface area (Å²) in [6.07, 6.45) is 0.264. The van der Waals surface area contributed by atoms with Crippen molar-refractivity contribution in [2.24, 2.45) is 5.73 Å². The van der Waals surface area contributed by atoms with Crippen LogP contribution in [0.25, 0.3) is 0 Å². The van der Waals surface area contributed by atoms with Crippen LogP contribution in [0.2, 0.25) is 0 Å². The molecule has 102 valence electrons. The number of nitrogens with zero attached hydrogens (tertiary/aromatic N) is 1. The summed E-state index contributed by atoms with van der Waals surface area (Å²) in [6.45, 7) is 5.84. The molecule has 0 aromatic heterocycles. The summed E-state index contributed by atoms with van der Waals surface area (Å²) < 4.78 is 19.6. The molecule has 18 heavy (non-hydrogen) atoms. The first-order valence-electron chi connectivity index (χ1n) is 5.99. The van der Waals surface area contributed by atoms with E-state index in [1.807, 2.05) is 30.9 Å². The van der Waals surface area contributed by atoms with E-state index >= 15 is 0 Å². The van der Waals surface area contributed by atoms with Crippen molar-refractivity contribution in [2.75, 3.05) is 18.0 Å². The third kappa shape index (κ3) is 3.34. The van der Waals surface area contributed by atoms with Gasteiger partial charge in [-0.1, -0.05) is 6.07 Å². The van der Waals surface area contributed by atoms with E-state index in [9.17, 15) is 4.39 Å². The molecule has 2 atom stereocenters. The van der Waals surface area contributed by atoms with Crippen molar-refractivity contribution in [1.82, 2.24) is 0 Å². The lowest BCUT2D eigenvalue weighted by molar-refractivity contribution is -0.00539. The first kappa shape index (κ1) is 15.2. The Balaban J connectivity index is 0.00000162. The molecule has 0 bridgehead atoms. The normalized spacial score (nSPS) is 23.7. The molecule has 2 N–H and O–H groups in total. The van der Waals surface area contributed by atoms with Crippen molar-refractivity contribution in [3.63, 3.8) is 0 Å². The molecule has 1 fully saturated rings. The predicted octanol–water partition coefficient (Wildman–Crippen LogP) is 2.32. The second-order valence-electron chi connectivity index (χ2n) is 4.65. The zero-order valence-electron chi connectivity index (χ0n) is 10.7. The summed E-state index contributed by atoms with van der Waals surface area (Å²) in [6, 6.07) is 5.20. The monoisotopic (exact) mass is 274 g/mol. The summed E-state index contributed by atoms with van der Waals surface area (Å²) in [4.78, 5) is 2.04. The fourth-order valence-electron chi connectivity index (χ4n) is 2.31. The molecule has 0 saturated carbocycles. The molecule has 1 aliphatic heterocycles. The van der Waals surface area contributed by atoms with Gasteiger partial charge in [-0.2, -0.15) is 0 Å². The van der Waals surface area contributed by atoms with Gasteiger partial charge in [0.1, 0.15) is 5.82 Å². The fourth-order valence-corrected chi connectivity index (χ4v) is 2.31. The van der Waals surface area contributed by atoms with Crippen molar-refractivity contribution in [3.05, 3.63) is 29.6 Å². The van der Waals surface area contributed by atoms with Crippen molar-refractivity contribution < 1.29 is 9.13 Å². The lowest BCUT2D eigenvalue weighted by Gasteiger charge is -2.37. The van der Waals surface area contributed by atoms with Crippen LogP contribution in [0.3, 0.4) is 0 Å². The number of ether oxygens (including phenoxy) is 1. The fraction of sp³-hybridized carbons (Fsp3) is 0.538. The van der Waals surface area contributed by atoms with E-state index in [2.05, 4.69) is 0 Å². The van der Waals surface area contributed by atoms with Crippen LogP contribution in [0.1, 0.15) is 19.4 Å². The number of rotatable bonds is 2. The van der Waals surface area contributed by atoms with Gasteiger partial charge in [-0.05, 0) is 31.5 Å². The minimum atomic E-state index is -0.200. The Labute approximate surface area is 114 Å². The lowest BCUT2D eigenvalue weighted by atomic mass is 10.1. The molecular weight excluding hydrogens is 255 g/mol. The first-order chi connectivity index (χ1) is 8.10. The number of morpholine rings is 1. The molecule has 0 aliphatic carbocycles. The van der Waals surface area contributed by atoms with E-state index in [0.717, 1.165) is 18.7 Å².